The number of halogens is 6. The molecule has 0 aromatic carbocycles. The van der Waals surface area contributed by atoms with Gasteiger partial charge in [-0.15, -0.1) is 10.2 Å². The molecule has 3 N–H and O–H groups in total. The van der Waals surface area contributed by atoms with Crippen molar-refractivity contribution in [1.82, 2.24) is 14.6 Å². The summed E-state index contributed by atoms with van der Waals surface area (Å²) in [6.45, 7) is 3.17. The van der Waals surface area contributed by atoms with Crippen LogP contribution in [-0.4, -0.2) is 20.5 Å². The second kappa shape index (κ2) is 5.14. The van der Waals surface area contributed by atoms with E-state index in [0.29, 0.717) is 10.6 Å². The van der Waals surface area contributed by atoms with Crippen LogP contribution in [0, 0.1) is 0 Å². The molecule has 0 bridgehead atoms. The van der Waals surface area contributed by atoms with Gasteiger partial charge in [0.05, 0.1) is 11.3 Å². The third-order valence-electron chi connectivity index (χ3n) is 2.70. The van der Waals surface area contributed by atoms with E-state index in [2.05, 4.69) is 22.1 Å². The van der Waals surface area contributed by atoms with Crippen LogP contribution in [0.15, 0.2) is 24.5 Å². The summed E-state index contributed by atoms with van der Waals surface area (Å²) in [4.78, 5) is 10.9. The van der Waals surface area contributed by atoms with E-state index in [9.17, 15) is 31.1 Å². The molecule has 0 saturated carbocycles. The van der Waals surface area contributed by atoms with Crippen molar-refractivity contribution in [1.29, 1.82) is 0 Å². The molecule has 0 spiro atoms. The number of aromatic nitrogens is 3. The van der Waals surface area contributed by atoms with Crippen LogP contribution in [0.5, 0.6) is 0 Å². The smallest absolute Gasteiger partial charge is 0.364 e. The fourth-order valence-electron chi connectivity index (χ4n) is 1.64. The molecular formula is C11H7F6N5O. The predicted octanol–water partition coefficient (Wildman–Crippen LogP) is 2.18. The Labute approximate surface area is 123 Å². The molecule has 1 amide bonds. The number of hydrogen-bond donors (Lipinski definition) is 2. The van der Waals surface area contributed by atoms with Gasteiger partial charge in [0.15, 0.2) is 5.65 Å². The van der Waals surface area contributed by atoms with Crippen LogP contribution < -0.4 is 11.1 Å². The van der Waals surface area contributed by atoms with Gasteiger partial charge in [0.1, 0.15) is 5.56 Å². The van der Waals surface area contributed by atoms with Crippen molar-refractivity contribution in [2.45, 2.75) is 12.4 Å². The molecule has 12 heteroatoms. The van der Waals surface area contributed by atoms with Crippen LogP contribution in [0.2, 0.25) is 0 Å². The van der Waals surface area contributed by atoms with Crippen LogP contribution in [0.4, 0.5) is 32.3 Å². The van der Waals surface area contributed by atoms with Gasteiger partial charge in [-0.2, -0.15) is 26.3 Å². The lowest BCUT2D eigenvalue weighted by Gasteiger charge is -2.13. The minimum Gasteiger partial charge on any atom is -0.364 e. The average Bonchev–Trinajstić information content (AvgIpc) is 2.78. The lowest BCUT2D eigenvalue weighted by atomic mass is 10.2. The normalized spacial score (nSPS) is 12.4. The van der Waals surface area contributed by atoms with Crippen LogP contribution in [0.3, 0.4) is 0 Å². The van der Waals surface area contributed by atoms with Crippen molar-refractivity contribution >= 4 is 17.5 Å². The van der Waals surface area contributed by atoms with Crippen molar-refractivity contribution in [2.75, 3.05) is 5.32 Å². The van der Waals surface area contributed by atoms with Crippen LogP contribution in [-0.2, 0) is 17.1 Å². The lowest BCUT2D eigenvalue weighted by molar-refractivity contribution is -0.142. The highest BCUT2D eigenvalue weighted by Crippen LogP contribution is 2.37. The molecule has 2 aromatic heterocycles. The first-order valence-corrected chi connectivity index (χ1v) is 5.70. The van der Waals surface area contributed by atoms with Gasteiger partial charge in [-0.3, -0.25) is 9.20 Å². The molecule has 0 saturated heterocycles. The van der Waals surface area contributed by atoms with Gasteiger partial charge in [0.2, 0.25) is 5.95 Å². The zero-order chi connectivity index (χ0) is 17.6. The fraction of sp³-hybridized carbons (Fsp3) is 0.182. The Morgan fingerprint density at radius 3 is 2.26 bits per heavy atom. The highest BCUT2D eigenvalue weighted by atomic mass is 19.4. The Morgan fingerprint density at radius 2 is 1.78 bits per heavy atom. The minimum absolute atomic E-state index is 0.0727. The van der Waals surface area contributed by atoms with Crippen LogP contribution in [0.1, 0.15) is 11.1 Å². The zero-order valence-electron chi connectivity index (χ0n) is 11.0. The van der Waals surface area contributed by atoms with E-state index in [4.69, 9.17) is 5.73 Å². The quantitative estimate of drug-likeness (QED) is 0.663. The molecule has 0 fully saturated rings. The number of primary amides is 1. The fourth-order valence-corrected chi connectivity index (χ4v) is 1.64. The number of fused-ring (bicyclic) bond motifs is 1. The molecule has 0 aliphatic carbocycles. The summed E-state index contributed by atoms with van der Waals surface area (Å²) in [7, 11) is 0. The minimum atomic E-state index is -5.09. The SMILES string of the molecule is C=C(Nc1nnc2c(C(F)(F)F)cc(C(F)(F)F)cn12)C(N)=O. The van der Waals surface area contributed by atoms with Crippen molar-refractivity contribution in [3.8, 4) is 0 Å². The number of nitrogens with one attached hydrogen (secondary N) is 1. The number of rotatable bonds is 3. The summed E-state index contributed by atoms with van der Waals surface area (Å²) in [5.74, 6) is -1.63. The van der Waals surface area contributed by atoms with E-state index < -0.39 is 46.7 Å². The molecular weight excluding hydrogens is 332 g/mol. The van der Waals surface area contributed by atoms with Gasteiger partial charge in [-0.05, 0) is 6.07 Å². The summed E-state index contributed by atoms with van der Waals surface area (Å²) in [5, 5.41) is 8.58. The Morgan fingerprint density at radius 1 is 1.17 bits per heavy atom. The summed E-state index contributed by atoms with van der Waals surface area (Å²) < 4.78 is 77.5. The van der Waals surface area contributed by atoms with E-state index in [-0.39, 0.29) is 6.07 Å². The Bertz CT molecular complexity index is 791. The van der Waals surface area contributed by atoms with E-state index >= 15 is 0 Å². The first-order chi connectivity index (χ1) is 10.4. The number of nitrogens with two attached hydrogens (primary N) is 1. The molecule has 0 atom stereocenters. The highest BCUT2D eigenvalue weighted by Gasteiger charge is 2.39. The Kier molecular flexibility index (Phi) is 3.70. The molecule has 2 heterocycles. The number of nitrogens with zero attached hydrogens (tertiary/aromatic N) is 3. The number of alkyl halides is 6. The third-order valence-corrected chi connectivity index (χ3v) is 2.70. The van der Waals surface area contributed by atoms with E-state index in [0.717, 1.165) is 0 Å². The number of pyridine rings is 1. The van der Waals surface area contributed by atoms with Crippen LogP contribution >= 0.6 is 0 Å². The molecule has 0 radical (unpaired) electrons. The maximum absolute atomic E-state index is 12.9. The van der Waals surface area contributed by atoms with Crippen molar-refractivity contribution in [3.63, 3.8) is 0 Å². The number of hydrogen-bond acceptors (Lipinski definition) is 4. The standard InChI is InChI=1S/C11H7F6N5O/c1-4(7(18)23)19-9-21-20-8-6(11(15,16)17)2-5(3-22(8)9)10(12,13)14/h2-3H,1H2,(H2,18,23)(H,19,21). The van der Waals surface area contributed by atoms with Gasteiger partial charge in [0.25, 0.3) is 5.91 Å². The molecule has 124 valence electrons. The van der Waals surface area contributed by atoms with E-state index in [1.807, 2.05) is 0 Å². The largest absolute Gasteiger partial charge is 0.420 e. The van der Waals surface area contributed by atoms with Gasteiger partial charge in [-0.1, -0.05) is 6.58 Å². The Balaban J connectivity index is 2.71. The average molecular weight is 339 g/mol. The van der Waals surface area contributed by atoms with Gasteiger partial charge >= 0.3 is 12.4 Å². The molecule has 0 aliphatic rings. The second-order valence-electron chi connectivity index (χ2n) is 4.32. The summed E-state index contributed by atoms with van der Waals surface area (Å²) in [5.41, 5.74) is 0.333. The van der Waals surface area contributed by atoms with Gasteiger partial charge in [-0.25, -0.2) is 0 Å². The zero-order valence-corrected chi connectivity index (χ0v) is 11.0. The van der Waals surface area contributed by atoms with Crippen LogP contribution in [0.25, 0.3) is 5.65 Å². The van der Waals surface area contributed by atoms with Gasteiger partial charge < -0.3 is 11.1 Å². The van der Waals surface area contributed by atoms with E-state index in [1.165, 1.54) is 0 Å². The maximum Gasteiger partial charge on any atom is 0.420 e. The summed E-state index contributed by atoms with van der Waals surface area (Å²) in [6, 6.07) is -0.0727. The molecule has 2 aromatic rings. The monoisotopic (exact) mass is 339 g/mol. The van der Waals surface area contributed by atoms with Crippen molar-refractivity contribution < 1.29 is 31.1 Å². The summed E-state index contributed by atoms with van der Waals surface area (Å²) in [6.07, 6.45) is -9.76. The number of amides is 1. The molecule has 2 rings (SSSR count). The van der Waals surface area contributed by atoms with E-state index in [1.54, 1.807) is 0 Å². The van der Waals surface area contributed by atoms with Crippen molar-refractivity contribution in [3.05, 3.63) is 35.7 Å². The first-order valence-electron chi connectivity index (χ1n) is 5.70. The second-order valence-corrected chi connectivity index (χ2v) is 4.32. The lowest BCUT2D eigenvalue weighted by Crippen LogP contribution is -2.20. The molecule has 23 heavy (non-hydrogen) atoms. The molecule has 0 aliphatic heterocycles. The van der Waals surface area contributed by atoms with Gasteiger partial charge in [0, 0.05) is 6.20 Å². The number of carbonyl (C=O) groups excluding carboxylic acids is 1. The molecule has 0 unspecified atom stereocenters. The molecule has 6 nitrogen and oxygen atoms in total. The third kappa shape index (κ3) is 3.19. The highest BCUT2D eigenvalue weighted by molar-refractivity contribution is 5.93. The topological polar surface area (TPSA) is 85.3 Å². The maximum atomic E-state index is 12.9. The van der Waals surface area contributed by atoms with Crippen molar-refractivity contribution in [2.24, 2.45) is 5.73 Å². The summed E-state index contributed by atoms with van der Waals surface area (Å²) >= 11 is 0. The number of anilines is 1. The Hall–Kier alpha value is -2.79. The first kappa shape index (κ1) is 16.6. The predicted molar refractivity (Wildman–Crippen MR) is 64.9 cm³/mol. The number of carbonyl (C=O) groups is 1.